The molecule has 6 nitrogen and oxygen atoms in total. The van der Waals surface area contributed by atoms with Crippen LogP contribution in [-0.4, -0.2) is 38.8 Å². The molecule has 3 aromatic rings. The zero-order chi connectivity index (χ0) is 22.9. The van der Waals surface area contributed by atoms with Crippen LogP contribution < -0.4 is 10.1 Å². The first-order chi connectivity index (χ1) is 15.3. The van der Waals surface area contributed by atoms with E-state index >= 15 is 0 Å². The molecule has 1 unspecified atom stereocenters. The second-order valence-electron chi connectivity index (χ2n) is 7.94. The van der Waals surface area contributed by atoms with Gasteiger partial charge in [-0.2, -0.15) is 4.31 Å². The van der Waals surface area contributed by atoms with E-state index in [1.807, 2.05) is 43.3 Å². The first kappa shape index (κ1) is 22.6. The molecule has 0 spiro atoms. The van der Waals surface area contributed by atoms with E-state index in [1.54, 1.807) is 13.2 Å². The second kappa shape index (κ2) is 9.10. The van der Waals surface area contributed by atoms with Crippen LogP contribution in [0.1, 0.15) is 31.2 Å². The van der Waals surface area contributed by atoms with E-state index in [0.717, 1.165) is 34.9 Å². The molecule has 0 bridgehead atoms. The molecule has 1 atom stereocenters. The van der Waals surface area contributed by atoms with Crippen LogP contribution in [0.4, 0.5) is 5.69 Å². The van der Waals surface area contributed by atoms with Gasteiger partial charge in [-0.05, 0) is 66.4 Å². The molecule has 1 aliphatic heterocycles. The molecule has 8 heteroatoms. The van der Waals surface area contributed by atoms with E-state index in [4.69, 9.17) is 16.3 Å². The number of rotatable bonds is 6. The van der Waals surface area contributed by atoms with Gasteiger partial charge in [0, 0.05) is 18.8 Å². The van der Waals surface area contributed by atoms with Gasteiger partial charge in [-0.1, -0.05) is 35.9 Å². The number of sulfonamides is 1. The first-order valence-electron chi connectivity index (χ1n) is 10.5. The zero-order valence-corrected chi connectivity index (χ0v) is 19.5. The highest BCUT2D eigenvalue weighted by Gasteiger charge is 2.29. The van der Waals surface area contributed by atoms with Gasteiger partial charge in [-0.3, -0.25) is 4.79 Å². The molecule has 1 fully saturated rings. The SMILES string of the molecule is COc1ccc2cc(C(C)C(=O)Nc3ccc(Cl)c(S(=O)(=O)N4CCCC4)c3)ccc2c1. The number of hydrogen-bond acceptors (Lipinski definition) is 4. The van der Waals surface area contributed by atoms with Gasteiger partial charge in [-0.15, -0.1) is 0 Å². The lowest BCUT2D eigenvalue weighted by Gasteiger charge is -2.18. The second-order valence-corrected chi connectivity index (χ2v) is 10.3. The van der Waals surface area contributed by atoms with Gasteiger partial charge in [0.2, 0.25) is 15.9 Å². The van der Waals surface area contributed by atoms with Crippen molar-refractivity contribution in [2.75, 3.05) is 25.5 Å². The maximum Gasteiger partial charge on any atom is 0.244 e. The van der Waals surface area contributed by atoms with Crippen molar-refractivity contribution in [3.8, 4) is 5.75 Å². The van der Waals surface area contributed by atoms with Crippen molar-refractivity contribution in [2.24, 2.45) is 0 Å². The maximum absolute atomic E-state index is 12.9. The van der Waals surface area contributed by atoms with Gasteiger partial charge in [0.25, 0.3) is 0 Å². The third-order valence-corrected chi connectivity index (χ3v) is 8.23. The number of anilines is 1. The van der Waals surface area contributed by atoms with Crippen LogP contribution in [0.25, 0.3) is 10.8 Å². The highest BCUT2D eigenvalue weighted by atomic mass is 35.5. The molecule has 1 heterocycles. The fourth-order valence-electron chi connectivity index (χ4n) is 3.89. The van der Waals surface area contributed by atoms with E-state index in [-0.39, 0.29) is 15.8 Å². The normalized spacial score (nSPS) is 15.6. The number of methoxy groups -OCH3 is 1. The molecule has 1 saturated heterocycles. The van der Waals surface area contributed by atoms with Gasteiger partial charge in [0.15, 0.2) is 0 Å². The molecule has 1 amide bonds. The number of carbonyl (C=O) groups excluding carboxylic acids is 1. The zero-order valence-electron chi connectivity index (χ0n) is 18.0. The molecule has 0 aliphatic carbocycles. The van der Waals surface area contributed by atoms with Gasteiger partial charge >= 0.3 is 0 Å². The molecule has 3 aromatic carbocycles. The highest BCUT2D eigenvalue weighted by Crippen LogP contribution is 2.31. The summed E-state index contributed by atoms with van der Waals surface area (Å²) in [4.78, 5) is 12.9. The standard InChI is InChI=1S/C24H25ClN2O4S/c1-16(17-5-6-19-14-21(31-2)9-7-18(19)13-17)24(28)26-20-8-10-22(25)23(15-20)32(29,30)27-11-3-4-12-27/h5-10,13-16H,3-4,11-12H2,1-2H3,(H,26,28). The summed E-state index contributed by atoms with van der Waals surface area (Å²) < 4.78 is 32.6. The molecule has 168 valence electrons. The monoisotopic (exact) mass is 472 g/mol. The van der Waals surface area contributed by atoms with Gasteiger partial charge in [0.1, 0.15) is 10.6 Å². The third kappa shape index (κ3) is 4.46. The Kier molecular flexibility index (Phi) is 6.42. The van der Waals surface area contributed by atoms with Gasteiger partial charge in [-0.25, -0.2) is 8.42 Å². The van der Waals surface area contributed by atoms with Crippen molar-refractivity contribution < 1.29 is 17.9 Å². The molecule has 1 N–H and O–H groups in total. The number of carbonyl (C=O) groups is 1. The number of benzene rings is 3. The number of halogens is 1. The third-order valence-electron chi connectivity index (χ3n) is 5.85. The lowest BCUT2D eigenvalue weighted by atomic mass is 9.97. The van der Waals surface area contributed by atoms with E-state index in [0.29, 0.717) is 18.8 Å². The fourth-order valence-corrected chi connectivity index (χ4v) is 5.90. The van der Waals surface area contributed by atoms with Crippen molar-refractivity contribution in [3.63, 3.8) is 0 Å². The molecule has 0 saturated carbocycles. The highest BCUT2D eigenvalue weighted by molar-refractivity contribution is 7.89. The number of amides is 1. The summed E-state index contributed by atoms with van der Waals surface area (Å²) in [6.45, 7) is 2.79. The quantitative estimate of drug-likeness (QED) is 0.546. The minimum Gasteiger partial charge on any atom is -0.497 e. The summed E-state index contributed by atoms with van der Waals surface area (Å²) in [6, 6.07) is 16.2. The molecule has 4 rings (SSSR count). The summed E-state index contributed by atoms with van der Waals surface area (Å²) in [5.41, 5.74) is 1.26. The van der Waals surface area contributed by atoms with Crippen LogP contribution in [0.15, 0.2) is 59.5 Å². The number of ether oxygens (including phenoxy) is 1. The molecular formula is C24H25ClN2O4S. The summed E-state index contributed by atoms with van der Waals surface area (Å²) in [7, 11) is -2.06. The topological polar surface area (TPSA) is 75.7 Å². The van der Waals surface area contributed by atoms with Crippen molar-refractivity contribution >= 4 is 44.0 Å². The molecule has 0 aromatic heterocycles. The van der Waals surface area contributed by atoms with Crippen molar-refractivity contribution in [1.82, 2.24) is 4.31 Å². The van der Waals surface area contributed by atoms with Crippen molar-refractivity contribution in [2.45, 2.75) is 30.6 Å². The first-order valence-corrected chi connectivity index (χ1v) is 12.3. The predicted octanol–water partition coefficient (Wildman–Crippen LogP) is 5.03. The summed E-state index contributed by atoms with van der Waals surface area (Å²) in [6.07, 6.45) is 1.67. The molecule has 1 aliphatic rings. The maximum atomic E-state index is 12.9. The Hall–Kier alpha value is -2.61. The molecule has 32 heavy (non-hydrogen) atoms. The van der Waals surface area contributed by atoms with E-state index in [1.165, 1.54) is 16.4 Å². The average molecular weight is 473 g/mol. The lowest BCUT2D eigenvalue weighted by molar-refractivity contribution is -0.117. The van der Waals surface area contributed by atoms with Crippen LogP contribution in [-0.2, 0) is 14.8 Å². The van der Waals surface area contributed by atoms with Crippen LogP contribution in [0.3, 0.4) is 0 Å². The van der Waals surface area contributed by atoms with Crippen LogP contribution in [0.5, 0.6) is 5.75 Å². The van der Waals surface area contributed by atoms with Crippen LogP contribution in [0, 0.1) is 0 Å². The number of nitrogens with one attached hydrogen (secondary N) is 1. The lowest BCUT2D eigenvalue weighted by Crippen LogP contribution is -2.28. The summed E-state index contributed by atoms with van der Waals surface area (Å²) in [5.74, 6) is 0.110. The Labute approximate surface area is 193 Å². The Balaban J connectivity index is 1.55. The minimum atomic E-state index is -3.69. The van der Waals surface area contributed by atoms with E-state index < -0.39 is 15.9 Å². The number of fused-ring (bicyclic) bond motifs is 1. The van der Waals surface area contributed by atoms with Crippen LogP contribution >= 0.6 is 11.6 Å². The Morgan fingerprint density at radius 1 is 1.03 bits per heavy atom. The van der Waals surface area contributed by atoms with Crippen molar-refractivity contribution in [1.29, 1.82) is 0 Å². The van der Waals surface area contributed by atoms with Gasteiger partial charge < -0.3 is 10.1 Å². The Morgan fingerprint density at radius 2 is 1.72 bits per heavy atom. The van der Waals surface area contributed by atoms with E-state index in [9.17, 15) is 13.2 Å². The predicted molar refractivity (Wildman–Crippen MR) is 127 cm³/mol. The molecular weight excluding hydrogens is 448 g/mol. The average Bonchev–Trinajstić information content (AvgIpc) is 3.35. The Bertz CT molecular complexity index is 1270. The summed E-state index contributed by atoms with van der Waals surface area (Å²) in [5, 5.41) is 5.01. The van der Waals surface area contributed by atoms with Crippen molar-refractivity contribution in [3.05, 3.63) is 65.2 Å². The van der Waals surface area contributed by atoms with Gasteiger partial charge in [0.05, 0.1) is 18.1 Å². The molecule has 0 radical (unpaired) electrons. The Morgan fingerprint density at radius 3 is 2.44 bits per heavy atom. The largest absolute Gasteiger partial charge is 0.497 e. The minimum absolute atomic E-state index is 0.0196. The van der Waals surface area contributed by atoms with E-state index in [2.05, 4.69) is 5.32 Å². The number of nitrogens with zero attached hydrogens (tertiary/aromatic N) is 1. The summed E-state index contributed by atoms with van der Waals surface area (Å²) >= 11 is 6.20. The number of hydrogen-bond donors (Lipinski definition) is 1. The smallest absolute Gasteiger partial charge is 0.244 e. The van der Waals surface area contributed by atoms with Crippen LogP contribution in [0.2, 0.25) is 5.02 Å². The fraction of sp³-hybridized carbons (Fsp3) is 0.292.